The van der Waals surface area contributed by atoms with Crippen molar-refractivity contribution in [3.8, 4) is 0 Å². The van der Waals surface area contributed by atoms with Crippen molar-refractivity contribution in [2.45, 2.75) is 11.8 Å². The molecule has 3 nitrogen and oxygen atoms in total. The highest BCUT2D eigenvalue weighted by molar-refractivity contribution is 7.99. The standard InChI is InChI=1S/C12H14FNO2S/c1-3-16-12(15)8(2)7-17-11-6-9(13)4-5-10(11)14/h4-6H,2-3,7,14H2,1H3. The third-order valence-electron chi connectivity index (χ3n) is 1.94. The van der Waals surface area contributed by atoms with Gasteiger partial charge in [0.15, 0.2) is 0 Å². The summed E-state index contributed by atoms with van der Waals surface area (Å²) in [6.07, 6.45) is 0. The summed E-state index contributed by atoms with van der Waals surface area (Å²) in [5.74, 6) is -0.467. The number of anilines is 1. The van der Waals surface area contributed by atoms with Gasteiger partial charge < -0.3 is 10.5 Å². The van der Waals surface area contributed by atoms with Gasteiger partial charge in [0.05, 0.1) is 6.61 Å². The minimum Gasteiger partial charge on any atom is -0.463 e. The summed E-state index contributed by atoms with van der Waals surface area (Å²) >= 11 is 1.26. The second-order valence-electron chi connectivity index (χ2n) is 3.29. The van der Waals surface area contributed by atoms with Gasteiger partial charge in [0.2, 0.25) is 0 Å². The summed E-state index contributed by atoms with van der Waals surface area (Å²) in [6, 6.07) is 4.11. The summed E-state index contributed by atoms with van der Waals surface area (Å²) in [5, 5.41) is 0. The second kappa shape index (κ2) is 6.30. The van der Waals surface area contributed by atoms with E-state index in [9.17, 15) is 9.18 Å². The van der Waals surface area contributed by atoms with Crippen LogP contribution in [0, 0.1) is 5.82 Å². The average molecular weight is 255 g/mol. The summed E-state index contributed by atoms with van der Waals surface area (Å²) in [6.45, 7) is 5.65. The van der Waals surface area contributed by atoms with Crippen LogP contribution in [0.2, 0.25) is 0 Å². The Morgan fingerprint density at radius 3 is 2.94 bits per heavy atom. The zero-order valence-electron chi connectivity index (χ0n) is 9.53. The second-order valence-corrected chi connectivity index (χ2v) is 4.31. The van der Waals surface area contributed by atoms with Crippen molar-refractivity contribution in [1.82, 2.24) is 0 Å². The van der Waals surface area contributed by atoms with Crippen molar-refractivity contribution in [2.75, 3.05) is 18.1 Å². The van der Waals surface area contributed by atoms with Crippen LogP contribution in [0.5, 0.6) is 0 Å². The van der Waals surface area contributed by atoms with E-state index in [4.69, 9.17) is 10.5 Å². The van der Waals surface area contributed by atoms with E-state index in [1.807, 2.05) is 0 Å². The van der Waals surface area contributed by atoms with Gasteiger partial charge in [0.25, 0.3) is 0 Å². The molecule has 2 N–H and O–H groups in total. The lowest BCUT2D eigenvalue weighted by Crippen LogP contribution is -2.08. The van der Waals surface area contributed by atoms with Crippen LogP contribution < -0.4 is 5.73 Å². The van der Waals surface area contributed by atoms with Crippen molar-refractivity contribution in [1.29, 1.82) is 0 Å². The fourth-order valence-electron chi connectivity index (χ4n) is 1.09. The van der Waals surface area contributed by atoms with Crippen LogP contribution in [0.4, 0.5) is 10.1 Å². The van der Waals surface area contributed by atoms with Crippen molar-refractivity contribution in [3.05, 3.63) is 36.2 Å². The molecule has 17 heavy (non-hydrogen) atoms. The molecule has 0 aromatic heterocycles. The predicted octanol–water partition coefficient (Wildman–Crippen LogP) is 2.62. The van der Waals surface area contributed by atoms with Crippen molar-refractivity contribution in [3.63, 3.8) is 0 Å². The number of halogens is 1. The Kier molecular flexibility index (Phi) is 5.03. The molecular weight excluding hydrogens is 241 g/mol. The topological polar surface area (TPSA) is 52.3 Å². The van der Waals surface area contributed by atoms with Gasteiger partial charge in [-0.05, 0) is 25.1 Å². The fourth-order valence-corrected chi connectivity index (χ4v) is 1.97. The Balaban J connectivity index is 2.58. The van der Waals surface area contributed by atoms with Gasteiger partial charge in [-0.1, -0.05) is 6.58 Å². The molecule has 0 amide bonds. The number of esters is 1. The third kappa shape index (κ3) is 4.11. The smallest absolute Gasteiger partial charge is 0.334 e. The molecule has 1 aromatic rings. The monoisotopic (exact) mass is 255 g/mol. The largest absolute Gasteiger partial charge is 0.463 e. The van der Waals surface area contributed by atoms with Crippen LogP contribution in [0.3, 0.4) is 0 Å². The van der Waals surface area contributed by atoms with Gasteiger partial charge in [-0.25, -0.2) is 9.18 Å². The SMILES string of the molecule is C=C(CSc1cc(F)ccc1N)C(=O)OCC. The van der Waals surface area contributed by atoms with Crippen molar-refractivity contribution in [2.24, 2.45) is 0 Å². The first kappa shape index (κ1) is 13.6. The van der Waals surface area contributed by atoms with Gasteiger partial charge in [0.1, 0.15) is 5.82 Å². The number of carbonyl (C=O) groups excluding carboxylic acids is 1. The molecule has 0 saturated heterocycles. The maximum Gasteiger partial charge on any atom is 0.334 e. The highest BCUT2D eigenvalue weighted by Crippen LogP contribution is 2.27. The number of nitrogen functional groups attached to an aromatic ring is 1. The number of carbonyl (C=O) groups is 1. The quantitative estimate of drug-likeness (QED) is 0.380. The molecular formula is C12H14FNO2S. The maximum absolute atomic E-state index is 13.0. The van der Waals surface area contributed by atoms with E-state index in [0.717, 1.165) is 0 Å². The molecule has 0 unspecified atom stereocenters. The molecule has 0 radical (unpaired) electrons. The van der Waals surface area contributed by atoms with E-state index in [1.54, 1.807) is 6.92 Å². The zero-order chi connectivity index (χ0) is 12.8. The number of thioether (sulfide) groups is 1. The van der Waals surface area contributed by atoms with Crippen LogP contribution in [0.15, 0.2) is 35.2 Å². The molecule has 0 spiro atoms. The van der Waals surface area contributed by atoms with Crippen molar-refractivity contribution < 1.29 is 13.9 Å². The molecule has 92 valence electrons. The predicted molar refractivity (Wildman–Crippen MR) is 67.3 cm³/mol. The van der Waals surface area contributed by atoms with Gasteiger partial charge in [0, 0.05) is 21.9 Å². The first-order chi connectivity index (χ1) is 8.04. The number of hydrogen-bond acceptors (Lipinski definition) is 4. The molecule has 0 bridgehead atoms. The molecule has 0 aliphatic rings. The minimum atomic E-state index is -0.435. The molecule has 0 aliphatic heterocycles. The molecule has 0 aliphatic carbocycles. The molecule has 1 aromatic carbocycles. The Morgan fingerprint density at radius 2 is 2.29 bits per heavy atom. The summed E-state index contributed by atoms with van der Waals surface area (Å²) in [4.78, 5) is 11.9. The highest BCUT2D eigenvalue weighted by Gasteiger charge is 2.09. The summed E-state index contributed by atoms with van der Waals surface area (Å²) < 4.78 is 17.8. The number of rotatable bonds is 5. The van der Waals surface area contributed by atoms with Crippen LogP contribution >= 0.6 is 11.8 Å². The minimum absolute atomic E-state index is 0.310. The number of nitrogens with two attached hydrogens (primary N) is 1. The normalized spacial score (nSPS) is 10.0. The van der Waals surface area contributed by atoms with Crippen LogP contribution in [0.25, 0.3) is 0 Å². The Morgan fingerprint density at radius 1 is 1.59 bits per heavy atom. The van der Waals surface area contributed by atoms with Gasteiger partial charge in [-0.15, -0.1) is 11.8 Å². The zero-order valence-corrected chi connectivity index (χ0v) is 10.3. The maximum atomic E-state index is 13.0. The molecule has 0 atom stereocenters. The Hall–Kier alpha value is -1.49. The first-order valence-corrected chi connectivity index (χ1v) is 6.06. The third-order valence-corrected chi connectivity index (χ3v) is 3.10. The van der Waals surface area contributed by atoms with E-state index in [0.29, 0.717) is 28.5 Å². The lowest BCUT2D eigenvalue weighted by atomic mass is 10.3. The van der Waals surface area contributed by atoms with E-state index in [1.165, 1.54) is 30.0 Å². The summed E-state index contributed by atoms with van der Waals surface area (Å²) in [5.41, 5.74) is 6.49. The number of ether oxygens (including phenoxy) is 1. The lowest BCUT2D eigenvalue weighted by Gasteiger charge is -2.07. The Labute approximate surface area is 104 Å². The Bertz CT molecular complexity index is 435. The average Bonchev–Trinajstić information content (AvgIpc) is 2.30. The van der Waals surface area contributed by atoms with E-state index in [2.05, 4.69) is 6.58 Å². The van der Waals surface area contributed by atoms with Gasteiger partial charge in [-0.2, -0.15) is 0 Å². The van der Waals surface area contributed by atoms with E-state index in [-0.39, 0.29) is 5.82 Å². The summed E-state index contributed by atoms with van der Waals surface area (Å²) in [7, 11) is 0. The molecule has 5 heteroatoms. The van der Waals surface area contributed by atoms with Gasteiger partial charge in [-0.3, -0.25) is 0 Å². The van der Waals surface area contributed by atoms with Crippen LogP contribution in [-0.2, 0) is 9.53 Å². The van der Waals surface area contributed by atoms with Crippen LogP contribution in [0.1, 0.15) is 6.92 Å². The highest BCUT2D eigenvalue weighted by atomic mass is 32.2. The lowest BCUT2D eigenvalue weighted by molar-refractivity contribution is -0.138. The molecule has 0 fully saturated rings. The molecule has 0 heterocycles. The fraction of sp³-hybridized carbons (Fsp3) is 0.250. The van der Waals surface area contributed by atoms with Gasteiger partial charge >= 0.3 is 5.97 Å². The van der Waals surface area contributed by atoms with E-state index >= 15 is 0 Å². The molecule has 1 rings (SSSR count). The van der Waals surface area contributed by atoms with Crippen molar-refractivity contribution >= 4 is 23.4 Å². The number of benzene rings is 1. The molecule has 0 saturated carbocycles. The van der Waals surface area contributed by atoms with E-state index < -0.39 is 5.97 Å². The number of hydrogen-bond donors (Lipinski definition) is 1. The first-order valence-electron chi connectivity index (χ1n) is 5.07. The van der Waals surface area contributed by atoms with Crippen LogP contribution in [-0.4, -0.2) is 18.3 Å².